The van der Waals surface area contributed by atoms with Crippen LogP contribution in [0.3, 0.4) is 0 Å². The van der Waals surface area contributed by atoms with Gasteiger partial charge in [0.2, 0.25) is 0 Å². The van der Waals surface area contributed by atoms with Crippen LogP contribution in [0.4, 0.5) is 22.7 Å². The number of aliphatic imine (C=N–C) groups is 2. The van der Waals surface area contributed by atoms with Gasteiger partial charge in [-0.3, -0.25) is 4.99 Å². The Balaban J connectivity index is 0.000000181. The van der Waals surface area contributed by atoms with Crippen molar-refractivity contribution in [2.45, 2.75) is 13.8 Å². The van der Waals surface area contributed by atoms with Crippen LogP contribution in [-0.4, -0.2) is 25.5 Å². The van der Waals surface area contributed by atoms with Gasteiger partial charge in [-0.1, -0.05) is 35.4 Å². The molecule has 1 aliphatic rings. The van der Waals surface area contributed by atoms with Gasteiger partial charge in [0.25, 0.3) is 0 Å². The summed E-state index contributed by atoms with van der Waals surface area (Å²) < 4.78 is 0. The molecule has 0 bridgehead atoms. The Morgan fingerprint density at radius 2 is 1.00 bits per heavy atom. The molecule has 1 aliphatic carbocycles. The maximum atomic E-state index is 4.52. The molecule has 3 aromatic carbocycles. The van der Waals surface area contributed by atoms with Gasteiger partial charge in [-0.2, -0.15) is 0 Å². The Kier molecular flexibility index (Phi) is 8.15. The summed E-state index contributed by atoms with van der Waals surface area (Å²) in [6.07, 6.45) is 7.88. The van der Waals surface area contributed by atoms with Crippen LogP contribution in [-0.2, 0) is 0 Å². The molecular formula is C28H30N4. The Hall–Kier alpha value is -3.92. The summed E-state index contributed by atoms with van der Waals surface area (Å²) >= 11 is 0. The Morgan fingerprint density at radius 3 is 1.50 bits per heavy atom. The zero-order valence-electron chi connectivity index (χ0n) is 19.1. The first-order valence-electron chi connectivity index (χ1n) is 10.7. The number of hydrogen-bond donors (Lipinski definition) is 2. The summed E-state index contributed by atoms with van der Waals surface area (Å²) in [5, 5.41) is 6.45. The predicted octanol–water partition coefficient (Wildman–Crippen LogP) is 7.04. The third-order valence-electron chi connectivity index (χ3n) is 4.91. The van der Waals surface area contributed by atoms with E-state index in [2.05, 4.69) is 95.1 Å². The fourth-order valence-electron chi connectivity index (χ4n) is 2.97. The third-order valence-corrected chi connectivity index (χ3v) is 4.91. The molecular weight excluding hydrogens is 392 g/mol. The van der Waals surface area contributed by atoms with Crippen molar-refractivity contribution >= 4 is 34.2 Å². The van der Waals surface area contributed by atoms with Gasteiger partial charge in [-0.05, 0) is 86.7 Å². The molecule has 0 spiro atoms. The van der Waals surface area contributed by atoms with E-state index < -0.39 is 0 Å². The molecule has 4 heteroatoms. The molecule has 0 fully saturated rings. The molecule has 0 unspecified atom stereocenters. The van der Waals surface area contributed by atoms with Crippen LogP contribution in [0.25, 0.3) is 0 Å². The molecule has 162 valence electrons. The van der Waals surface area contributed by atoms with Gasteiger partial charge in [-0.15, -0.1) is 0 Å². The van der Waals surface area contributed by atoms with E-state index in [0.29, 0.717) is 0 Å². The summed E-state index contributed by atoms with van der Waals surface area (Å²) in [4.78, 5) is 8.60. The lowest BCUT2D eigenvalue weighted by atomic mass is 10.1. The highest BCUT2D eigenvalue weighted by molar-refractivity contribution is 6.18. The van der Waals surface area contributed by atoms with Crippen molar-refractivity contribution in [3.63, 3.8) is 0 Å². The fraction of sp³-hybridized carbons (Fsp3) is 0.143. The van der Waals surface area contributed by atoms with Gasteiger partial charge in [0.15, 0.2) is 0 Å². The summed E-state index contributed by atoms with van der Waals surface area (Å²) in [6, 6.07) is 24.8. The van der Waals surface area contributed by atoms with Crippen molar-refractivity contribution in [3.8, 4) is 0 Å². The summed E-state index contributed by atoms with van der Waals surface area (Å²) in [5.74, 6) is 0. The molecule has 0 radical (unpaired) electrons. The molecule has 4 rings (SSSR count). The van der Waals surface area contributed by atoms with Gasteiger partial charge in [0.05, 0.1) is 17.1 Å². The van der Waals surface area contributed by atoms with Gasteiger partial charge in [0.1, 0.15) is 0 Å². The van der Waals surface area contributed by atoms with Crippen LogP contribution in [0.5, 0.6) is 0 Å². The monoisotopic (exact) mass is 422 g/mol. The Bertz CT molecular complexity index is 1100. The lowest BCUT2D eigenvalue weighted by Crippen LogP contribution is -1.99. The van der Waals surface area contributed by atoms with Crippen LogP contribution >= 0.6 is 0 Å². The average molecular weight is 423 g/mol. The molecule has 3 aromatic rings. The minimum absolute atomic E-state index is 0.955. The number of nitrogens with one attached hydrogen (secondary N) is 2. The number of nitrogens with zero attached hydrogens (tertiary/aromatic N) is 2. The molecule has 0 aromatic heterocycles. The standard InChI is InChI=1S/C14H16N2.C14H14N2/c2*1-11-3-5-13(6-4-11)16-14-9-7-12(15-2)8-10-14/h3-10,15-16H,1-2H3;3-10H,1-2H3. The van der Waals surface area contributed by atoms with Crippen LogP contribution in [0, 0.1) is 13.8 Å². The van der Waals surface area contributed by atoms with Crippen LogP contribution in [0.2, 0.25) is 0 Å². The van der Waals surface area contributed by atoms with E-state index in [0.717, 1.165) is 34.2 Å². The molecule has 0 atom stereocenters. The number of rotatable bonds is 4. The van der Waals surface area contributed by atoms with E-state index >= 15 is 0 Å². The van der Waals surface area contributed by atoms with Crippen LogP contribution in [0.1, 0.15) is 11.1 Å². The highest BCUT2D eigenvalue weighted by atomic mass is 14.9. The molecule has 0 amide bonds. The maximum Gasteiger partial charge on any atom is 0.0638 e. The van der Waals surface area contributed by atoms with Crippen molar-refractivity contribution in [3.05, 3.63) is 108 Å². The largest absolute Gasteiger partial charge is 0.388 e. The quantitative estimate of drug-likeness (QED) is 0.443. The van der Waals surface area contributed by atoms with E-state index in [1.807, 2.05) is 43.5 Å². The Labute approximate surface area is 191 Å². The summed E-state index contributed by atoms with van der Waals surface area (Å²) in [6.45, 7) is 4.16. The first kappa shape index (κ1) is 22.8. The zero-order valence-corrected chi connectivity index (χ0v) is 19.1. The minimum Gasteiger partial charge on any atom is -0.388 e. The number of allylic oxidation sites excluding steroid dienone is 4. The molecule has 0 saturated carbocycles. The maximum absolute atomic E-state index is 4.52. The zero-order chi connectivity index (χ0) is 22.8. The summed E-state index contributed by atoms with van der Waals surface area (Å²) in [5.41, 5.74) is 8.76. The second kappa shape index (κ2) is 11.5. The lowest BCUT2D eigenvalue weighted by Gasteiger charge is -2.07. The number of benzene rings is 3. The summed E-state index contributed by atoms with van der Waals surface area (Å²) in [7, 11) is 3.70. The topological polar surface area (TPSA) is 48.8 Å². The van der Waals surface area contributed by atoms with E-state index in [1.54, 1.807) is 7.05 Å². The molecule has 32 heavy (non-hydrogen) atoms. The van der Waals surface area contributed by atoms with E-state index in [4.69, 9.17) is 0 Å². The normalized spacial score (nSPS) is 12.0. The van der Waals surface area contributed by atoms with Crippen molar-refractivity contribution in [1.29, 1.82) is 0 Å². The smallest absolute Gasteiger partial charge is 0.0638 e. The highest BCUT2D eigenvalue weighted by Gasteiger charge is 1.98. The van der Waals surface area contributed by atoms with Crippen molar-refractivity contribution < 1.29 is 0 Å². The molecule has 0 heterocycles. The third kappa shape index (κ3) is 7.10. The highest BCUT2D eigenvalue weighted by Crippen LogP contribution is 2.19. The van der Waals surface area contributed by atoms with E-state index in [9.17, 15) is 0 Å². The molecule has 2 N–H and O–H groups in total. The number of hydrogen-bond acceptors (Lipinski definition) is 4. The second-order valence-electron chi connectivity index (χ2n) is 7.51. The van der Waals surface area contributed by atoms with Crippen molar-refractivity contribution in [2.24, 2.45) is 9.98 Å². The van der Waals surface area contributed by atoms with E-state index in [-0.39, 0.29) is 0 Å². The Morgan fingerprint density at radius 1 is 0.562 bits per heavy atom. The first-order valence-corrected chi connectivity index (χ1v) is 10.7. The van der Waals surface area contributed by atoms with Gasteiger partial charge < -0.3 is 10.6 Å². The molecule has 0 aliphatic heterocycles. The predicted molar refractivity (Wildman–Crippen MR) is 140 cm³/mol. The number of anilines is 3. The lowest BCUT2D eigenvalue weighted by molar-refractivity contribution is 1.43. The fourth-order valence-corrected chi connectivity index (χ4v) is 2.97. The van der Waals surface area contributed by atoms with Crippen molar-refractivity contribution in [2.75, 3.05) is 24.7 Å². The number of aryl methyl sites for hydroxylation is 2. The first-order chi connectivity index (χ1) is 15.6. The van der Waals surface area contributed by atoms with E-state index in [1.165, 1.54) is 11.1 Å². The molecule has 4 nitrogen and oxygen atoms in total. The van der Waals surface area contributed by atoms with Crippen molar-refractivity contribution in [1.82, 2.24) is 0 Å². The average Bonchev–Trinajstić information content (AvgIpc) is 2.83. The minimum atomic E-state index is 0.955. The van der Waals surface area contributed by atoms with Gasteiger partial charge in [-0.25, -0.2) is 4.99 Å². The molecule has 0 saturated heterocycles. The van der Waals surface area contributed by atoms with Crippen LogP contribution in [0.15, 0.2) is 107 Å². The van der Waals surface area contributed by atoms with Gasteiger partial charge >= 0.3 is 0 Å². The SMILES string of the molecule is CN=C1C=CC(=Nc2ccc(C)cc2)C=C1.CNc1ccc(Nc2ccc(C)cc2)cc1. The second-order valence-corrected chi connectivity index (χ2v) is 7.51. The van der Waals surface area contributed by atoms with Gasteiger partial charge in [0, 0.05) is 31.2 Å². The van der Waals surface area contributed by atoms with Crippen LogP contribution < -0.4 is 10.6 Å².